The van der Waals surface area contributed by atoms with Crippen molar-refractivity contribution in [2.75, 3.05) is 0 Å². The van der Waals surface area contributed by atoms with Crippen molar-refractivity contribution in [2.45, 2.75) is 51.4 Å². The third-order valence-corrected chi connectivity index (χ3v) is 4.27. The fourth-order valence-electron chi connectivity index (χ4n) is 2.90. The molecule has 2 rings (SSSR count). The summed E-state index contributed by atoms with van der Waals surface area (Å²) in [7, 11) is 0. The van der Waals surface area contributed by atoms with Gasteiger partial charge in [-0.3, -0.25) is 9.59 Å². The summed E-state index contributed by atoms with van der Waals surface area (Å²) < 4.78 is 0. The van der Waals surface area contributed by atoms with Crippen LogP contribution in [0.25, 0.3) is 0 Å². The summed E-state index contributed by atoms with van der Waals surface area (Å²) in [6, 6.07) is 5.94. The molecule has 3 nitrogen and oxygen atoms in total. The molecule has 0 aliphatic heterocycles. The topological polar surface area (TPSA) is 54.4 Å². The monoisotopic (exact) mass is 260 g/mol. The van der Waals surface area contributed by atoms with Gasteiger partial charge in [-0.2, -0.15) is 0 Å². The average molecular weight is 260 g/mol. The lowest BCUT2D eigenvalue weighted by molar-refractivity contribution is -0.138. The highest BCUT2D eigenvalue weighted by Gasteiger charge is 2.41. The highest BCUT2D eigenvalue weighted by Crippen LogP contribution is 2.42. The number of carboxylic acid groups (broad SMARTS) is 1. The fourth-order valence-corrected chi connectivity index (χ4v) is 2.90. The fraction of sp³-hybridized carbons (Fsp3) is 0.500. The van der Waals surface area contributed by atoms with Crippen LogP contribution in [0.4, 0.5) is 0 Å². The maximum Gasteiger partial charge on any atom is 0.304 e. The molecule has 0 aromatic heterocycles. The Labute approximate surface area is 113 Å². The molecule has 0 fully saturated rings. The predicted octanol–water partition coefficient (Wildman–Crippen LogP) is 3.52. The van der Waals surface area contributed by atoms with Gasteiger partial charge in [0.2, 0.25) is 0 Å². The minimum absolute atomic E-state index is 0.00835. The lowest BCUT2D eigenvalue weighted by Gasteiger charge is -2.22. The maximum atomic E-state index is 12.1. The van der Waals surface area contributed by atoms with Crippen LogP contribution in [0.1, 0.15) is 67.4 Å². The number of rotatable bonds is 4. The summed E-state index contributed by atoms with van der Waals surface area (Å²) in [5.74, 6) is -0.359. The molecular weight excluding hydrogens is 240 g/mol. The number of ketones is 1. The molecular formula is C16H20O3. The van der Waals surface area contributed by atoms with E-state index in [9.17, 15) is 9.59 Å². The summed E-state index contributed by atoms with van der Waals surface area (Å²) in [5, 5.41) is 9.02. The summed E-state index contributed by atoms with van der Waals surface area (Å²) in [6.45, 7) is 6.12. The van der Waals surface area contributed by atoms with E-state index in [1.807, 2.05) is 25.1 Å². The van der Waals surface area contributed by atoms with Gasteiger partial charge in [0, 0.05) is 17.4 Å². The number of fused-ring (bicyclic) bond motifs is 1. The first-order chi connectivity index (χ1) is 8.87. The Morgan fingerprint density at radius 3 is 2.74 bits per heavy atom. The Morgan fingerprint density at radius 2 is 2.16 bits per heavy atom. The number of benzene rings is 1. The van der Waals surface area contributed by atoms with Crippen molar-refractivity contribution in [1.82, 2.24) is 0 Å². The van der Waals surface area contributed by atoms with Gasteiger partial charge in [-0.05, 0) is 29.5 Å². The molecule has 1 aromatic carbocycles. The summed E-state index contributed by atoms with van der Waals surface area (Å²) >= 11 is 0. The number of carbonyl (C=O) groups is 2. The van der Waals surface area contributed by atoms with Crippen molar-refractivity contribution >= 4 is 11.8 Å². The van der Waals surface area contributed by atoms with E-state index in [1.165, 1.54) is 0 Å². The number of Topliss-reactive ketones (excluding diaryl/α,β-unsaturated/α-hetero) is 1. The molecule has 0 bridgehead atoms. The first-order valence-electron chi connectivity index (χ1n) is 6.77. The Kier molecular flexibility index (Phi) is 3.48. The van der Waals surface area contributed by atoms with E-state index < -0.39 is 11.4 Å². The van der Waals surface area contributed by atoms with Gasteiger partial charge in [-0.1, -0.05) is 32.9 Å². The zero-order chi connectivity index (χ0) is 14.2. The van der Waals surface area contributed by atoms with Crippen molar-refractivity contribution in [3.63, 3.8) is 0 Å². The van der Waals surface area contributed by atoms with Gasteiger partial charge >= 0.3 is 5.97 Å². The van der Waals surface area contributed by atoms with Gasteiger partial charge in [0.05, 0.1) is 6.42 Å². The Hall–Kier alpha value is -1.64. The second-order valence-corrected chi connectivity index (χ2v) is 5.85. The second-order valence-electron chi connectivity index (χ2n) is 5.85. The van der Waals surface area contributed by atoms with Crippen LogP contribution in [0.3, 0.4) is 0 Å². The summed E-state index contributed by atoms with van der Waals surface area (Å²) in [5.41, 5.74) is 2.23. The first kappa shape index (κ1) is 13.8. The first-order valence-corrected chi connectivity index (χ1v) is 6.77. The molecule has 0 saturated carbocycles. The molecule has 0 spiro atoms. The Morgan fingerprint density at radius 1 is 1.47 bits per heavy atom. The molecule has 19 heavy (non-hydrogen) atoms. The van der Waals surface area contributed by atoms with Crippen LogP contribution in [0, 0.1) is 0 Å². The van der Waals surface area contributed by atoms with Crippen molar-refractivity contribution in [2.24, 2.45) is 0 Å². The van der Waals surface area contributed by atoms with Gasteiger partial charge in [-0.25, -0.2) is 0 Å². The number of carbonyl (C=O) groups excluding carboxylic acids is 1. The quantitative estimate of drug-likeness (QED) is 0.901. The maximum absolute atomic E-state index is 12.1. The largest absolute Gasteiger partial charge is 0.481 e. The second kappa shape index (κ2) is 4.80. The smallest absolute Gasteiger partial charge is 0.304 e. The Bertz CT molecular complexity index is 533. The van der Waals surface area contributed by atoms with Crippen LogP contribution in [0.15, 0.2) is 18.2 Å². The van der Waals surface area contributed by atoms with Gasteiger partial charge in [0.1, 0.15) is 0 Å². The van der Waals surface area contributed by atoms with E-state index in [-0.39, 0.29) is 12.2 Å². The highest BCUT2D eigenvalue weighted by molar-refractivity contribution is 6.02. The molecule has 0 heterocycles. The molecule has 102 valence electrons. The van der Waals surface area contributed by atoms with E-state index in [0.29, 0.717) is 12.3 Å². The van der Waals surface area contributed by atoms with E-state index >= 15 is 0 Å². The van der Waals surface area contributed by atoms with Crippen LogP contribution in [0.2, 0.25) is 0 Å². The van der Waals surface area contributed by atoms with Gasteiger partial charge in [0.25, 0.3) is 0 Å². The minimum Gasteiger partial charge on any atom is -0.481 e. The Balaban J connectivity index is 2.44. The van der Waals surface area contributed by atoms with E-state index in [0.717, 1.165) is 23.1 Å². The van der Waals surface area contributed by atoms with Crippen LogP contribution in [0.5, 0.6) is 0 Å². The summed E-state index contributed by atoms with van der Waals surface area (Å²) in [4.78, 5) is 23.1. The molecule has 3 heteroatoms. The SMILES string of the molecule is CCC(C)c1ccc2c(c1)C(=O)CC2(C)CC(=O)O. The molecule has 0 radical (unpaired) electrons. The van der Waals surface area contributed by atoms with Crippen LogP contribution in [-0.2, 0) is 10.2 Å². The molecule has 0 amide bonds. The number of hydrogen-bond acceptors (Lipinski definition) is 2. The van der Waals surface area contributed by atoms with Crippen molar-refractivity contribution < 1.29 is 14.7 Å². The average Bonchev–Trinajstić information content (AvgIpc) is 2.59. The minimum atomic E-state index is -0.853. The third-order valence-electron chi connectivity index (χ3n) is 4.27. The molecule has 2 unspecified atom stereocenters. The normalized spacial score (nSPS) is 23.2. The van der Waals surface area contributed by atoms with E-state index in [4.69, 9.17) is 5.11 Å². The lowest BCUT2D eigenvalue weighted by Crippen LogP contribution is -2.23. The van der Waals surface area contributed by atoms with E-state index in [1.54, 1.807) is 0 Å². The highest BCUT2D eigenvalue weighted by atomic mass is 16.4. The van der Waals surface area contributed by atoms with Crippen LogP contribution >= 0.6 is 0 Å². The predicted molar refractivity (Wildman–Crippen MR) is 73.7 cm³/mol. The third kappa shape index (κ3) is 2.42. The van der Waals surface area contributed by atoms with Crippen molar-refractivity contribution in [3.05, 3.63) is 34.9 Å². The number of carboxylic acids is 1. The molecule has 1 aliphatic rings. The van der Waals surface area contributed by atoms with Crippen LogP contribution in [-0.4, -0.2) is 16.9 Å². The molecule has 0 saturated heterocycles. The van der Waals surface area contributed by atoms with Crippen molar-refractivity contribution in [1.29, 1.82) is 0 Å². The van der Waals surface area contributed by atoms with Crippen LogP contribution < -0.4 is 0 Å². The molecule has 2 atom stereocenters. The zero-order valence-electron chi connectivity index (χ0n) is 11.7. The van der Waals surface area contributed by atoms with Gasteiger partial charge in [-0.15, -0.1) is 0 Å². The zero-order valence-corrected chi connectivity index (χ0v) is 11.7. The standard InChI is InChI=1S/C16H20O3/c1-4-10(2)11-5-6-13-12(7-11)14(17)8-16(13,3)9-15(18)19/h5-7,10H,4,8-9H2,1-3H3,(H,18,19). The molecule has 1 N–H and O–H groups in total. The van der Waals surface area contributed by atoms with E-state index in [2.05, 4.69) is 13.8 Å². The molecule has 1 aromatic rings. The lowest BCUT2D eigenvalue weighted by atomic mass is 9.80. The van der Waals surface area contributed by atoms with Gasteiger partial charge < -0.3 is 5.11 Å². The molecule has 1 aliphatic carbocycles. The van der Waals surface area contributed by atoms with Crippen molar-refractivity contribution in [3.8, 4) is 0 Å². The number of aliphatic carboxylic acids is 1. The van der Waals surface area contributed by atoms with Gasteiger partial charge in [0.15, 0.2) is 5.78 Å². The summed E-state index contributed by atoms with van der Waals surface area (Å²) in [6.07, 6.45) is 1.34. The number of hydrogen-bond donors (Lipinski definition) is 1.